The van der Waals surface area contributed by atoms with E-state index < -0.39 is 12.0 Å². The zero-order valence-electron chi connectivity index (χ0n) is 19.9. The maximum atomic E-state index is 13.7. The lowest BCUT2D eigenvalue weighted by Crippen LogP contribution is -2.39. The molecule has 0 unspecified atom stereocenters. The van der Waals surface area contributed by atoms with E-state index in [2.05, 4.69) is 4.99 Å². The standard InChI is InChI=1S/C28H23ClN2O4S/c1-4-34-27(33)24-17(3)30-28-31(25(24)18-8-6-5-7-9-18)26(32)23(36-28)15-20-12-13-22(35-20)21-14-19(29)11-10-16(21)2/h5-15,25H,4H2,1-3H3/b23-15+/t25-/m1/s1. The second kappa shape index (κ2) is 9.76. The largest absolute Gasteiger partial charge is 0.463 e. The highest BCUT2D eigenvalue weighted by Crippen LogP contribution is 2.31. The van der Waals surface area contributed by atoms with Crippen LogP contribution >= 0.6 is 22.9 Å². The summed E-state index contributed by atoms with van der Waals surface area (Å²) in [6.07, 6.45) is 1.71. The van der Waals surface area contributed by atoms with Crippen LogP contribution in [0.1, 0.15) is 36.8 Å². The number of allylic oxidation sites excluding steroid dienone is 1. The number of rotatable bonds is 5. The van der Waals surface area contributed by atoms with Gasteiger partial charge in [0.2, 0.25) is 0 Å². The van der Waals surface area contributed by atoms with Crippen molar-refractivity contribution in [3.8, 4) is 11.3 Å². The van der Waals surface area contributed by atoms with E-state index in [-0.39, 0.29) is 12.2 Å². The minimum atomic E-state index is -0.634. The van der Waals surface area contributed by atoms with Crippen LogP contribution in [-0.4, -0.2) is 17.1 Å². The van der Waals surface area contributed by atoms with Gasteiger partial charge in [-0.3, -0.25) is 9.36 Å². The third kappa shape index (κ3) is 4.36. The Kier molecular flexibility index (Phi) is 6.51. The molecule has 0 N–H and O–H groups in total. The van der Waals surface area contributed by atoms with Crippen molar-refractivity contribution >= 4 is 35.0 Å². The summed E-state index contributed by atoms with van der Waals surface area (Å²) in [6, 6.07) is 18.1. The molecule has 36 heavy (non-hydrogen) atoms. The Morgan fingerprint density at radius 3 is 2.69 bits per heavy atom. The van der Waals surface area contributed by atoms with Gasteiger partial charge in [-0.2, -0.15) is 0 Å². The fraction of sp³-hybridized carbons (Fsp3) is 0.179. The third-order valence-corrected chi connectivity index (χ3v) is 7.22. The molecule has 0 saturated carbocycles. The van der Waals surface area contributed by atoms with Crippen molar-refractivity contribution in [1.29, 1.82) is 0 Å². The number of fused-ring (bicyclic) bond motifs is 1. The van der Waals surface area contributed by atoms with Crippen molar-refractivity contribution in [3.63, 3.8) is 0 Å². The molecule has 2 aromatic carbocycles. The number of ether oxygens (including phenoxy) is 1. The Morgan fingerprint density at radius 1 is 1.17 bits per heavy atom. The lowest BCUT2D eigenvalue weighted by atomic mass is 9.96. The number of halogens is 1. The molecule has 3 heterocycles. The number of benzene rings is 2. The summed E-state index contributed by atoms with van der Waals surface area (Å²) in [5.41, 5.74) is 3.37. The zero-order chi connectivity index (χ0) is 25.4. The SMILES string of the molecule is CCOC(=O)C1=C(C)N=c2s/c(=C/c3ccc(-c4cc(Cl)ccc4C)o3)c(=O)n2[C@@H]1c1ccccc1. The molecule has 182 valence electrons. The lowest BCUT2D eigenvalue weighted by Gasteiger charge is -2.24. The van der Waals surface area contributed by atoms with E-state index in [0.717, 1.165) is 16.7 Å². The second-order valence-corrected chi connectivity index (χ2v) is 9.82. The molecule has 0 aliphatic carbocycles. The highest BCUT2D eigenvalue weighted by atomic mass is 35.5. The second-order valence-electron chi connectivity index (χ2n) is 8.37. The average Bonchev–Trinajstić information content (AvgIpc) is 3.45. The van der Waals surface area contributed by atoms with Gasteiger partial charge < -0.3 is 9.15 Å². The van der Waals surface area contributed by atoms with E-state index in [1.165, 1.54) is 11.3 Å². The molecule has 4 aromatic rings. The molecule has 1 atom stereocenters. The molecule has 1 aliphatic rings. The van der Waals surface area contributed by atoms with E-state index >= 15 is 0 Å². The number of furan rings is 1. The molecule has 2 aromatic heterocycles. The van der Waals surface area contributed by atoms with Gasteiger partial charge in [0.15, 0.2) is 4.80 Å². The number of esters is 1. The predicted octanol–water partition coefficient (Wildman–Crippen LogP) is 5.02. The predicted molar refractivity (Wildman–Crippen MR) is 141 cm³/mol. The van der Waals surface area contributed by atoms with Crippen molar-refractivity contribution in [1.82, 2.24) is 4.57 Å². The van der Waals surface area contributed by atoms with Gasteiger partial charge in [0, 0.05) is 16.7 Å². The van der Waals surface area contributed by atoms with E-state index in [9.17, 15) is 9.59 Å². The first kappa shape index (κ1) is 24.0. The lowest BCUT2D eigenvalue weighted by molar-refractivity contribution is -0.139. The highest BCUT2D eigenvalue weighted by molar-refractivity contribution is 7.07. The van der Waals surface area contributed by atoms with Crippen molar-refractivity contribution in [2.75, 3.05) is 6.61 Å². The van der Waals surface area contributed by atoms with Crippen molar-refractivity contribution in [3.05, 3.63) is 114 Å². The van der Waals surface area contributed by atoms with Crippen LogP contribution in [0.3, 0.4) is 0 Å². The van der Waals surface area contributed by atoms with Gasteiger partial charge in [-0.25, -0.2) is 9.79 Å². The molecule has 0 saturated heterocycles. The topological polar surface area (TPSA) is 73.8 Å². The third-order valence-electron chi connectivity index (χ3n) is 6.00. The maximum Gasteiger partial charge on any atom is 0.338 e. The van der Waals surface area contributed by atoms with Gasteiger partial charge in [-0.15, -0.1) is 0 Å². The van der Waals surface area contributed by atoms with Crippen LogP contribution in [0, 0.1) is 6.92 Å². The zero-order valence-corrected chi connectivity index (χ0v) is 21.5. The molecule has 1 aliphatic heterocycles. The van der Waals surface area contributed by atoms with E-state index in [0.29, 0.717) is 37.1 Å². The minimum Gasteiger partial charge on any atom is -0.463 e. The summed E-state index contributed by atoms with van der Waals surface area (Å²) in [6.45, 7) is 5.74. The molecule has 0 amide bonds. The minimum absolute atomic E-state index is 0.231. The van der Waals surface area contributed by atoms with Gasteiger partial charge >= 0.3 is 5.97 Å². The molecule has 8 heteroatoms. The van der Waals surface area contributed by atoms with Crippen molar-refractivity contribution in [2.45, 2.75) is 26.8 Å². The molecule has 0 spiro atoms. The Morgan fingerprint density at radius 2 is 1.94 bits per heavy atom. The smallest absolute Gasteiger partial charge is 0.338 e. The molecule has 0 fully saturated rings. The van der Waals surface area contributed by atoms with Crippen molar-refractivity contribution < 1.29 is 13.9 Å². The quantitative estimate of drug-likeness (QED) is 0.348. The molecule has 6 nitrogen and oxygen atoms in total. The van der Waals surface area contributed by atoms with Gasteiger partial charge in [0.1, 0.15) is 11.5 Å². The first-order valence-electron chi connectivity index (χ1n) is 11.5. The Labute approximate surface area is 216 Å². The van der Waals surface area contributed by atoms with Crippen LogP contribution in [0.4, 0.5) is 0 Å². The van der Waals surface area contributed by atoms with Gasteiger partial charge in [-0.1, -0.05) is 59.3 Å². The fourth-order valence-corrected chi connectivity index (χ4v) is 5.51. The van der Waals surface area contributed by atoms with Crippen LogP contribution in [0.15, 0.2) is 86.1 Å². The molecule has 0 bridgehead atoms. The number of thiazole rings is 1. The Hall–Kier alpha value is -3.68. The van der Waals surface area contributed by atoms with Gasteiger partial charge in [0.25, 0.3) is 5.56 Å². The number of hydrogen-bond acceptors (Lipinski definition) is 6. The van der Waals surface area contributed by atoms with Crippen LogP contribution in [-0.2, 0) is 9.53 Å². The van der Waals surface area contributed by atoms with E-state index in [4.69, 9.17) is 20.8 Å². The van der Waals surface area contributed by atoms with Crippen LogP contribution in [0.5, 0.6) is 0 Å². The van der Waals surface area contributed by atoms with Crippen LogP contribution in [0.2, 0.25) is 5.02 Å². The monoisotopic (exact) mass is 518 g/mol. The first-order chi connectivity index (χ1) is 17.4. The summed E-state index contributed by atoms with van der Waals surface area (Å²) >= 11 is 7.43. The molecule has 0 radical (unpaired) electrons. The number of aryl methyl sites for hydroxylation is 1. The van der Waals surface area contributed by atoms with Crippen molar-refractivity contribution in [2.24, 2.45) is 4.99 Å². The summed E-state index contributed by atoms with van der Waals surface area (Å²) in [7, 11) is 0. The molecule has 5 rings (SSSR count). The summed E-state index contributed by atoms with van der Waals surface area (Å²) in [4.78, 5) is 31.7. The molecular weight excluding hydrogens is 496 g/mol. The number of aromatic nitrogens is 1. The normalized spacial score (nSPS) is 15.6. The highest BCUT2D eigenvalue weighted by Gasteiger charge is 2.33. The number of carbonyl (C=O) groups excluding carboxylic acids is 1. The summed E-state index contributed by atoms with van der Waals surface area (Å²) < 4.78 is 13.4. The van der Waals surface area contributed by atoms with Crippen LogP contribution in [0.25, 0.3) is 17.4 Å². The molecular formula is C28H23ClN2O4S. The van der Waals surface area contributed by atoms with Gasteiger partial charge in [0.05, 0.1) is 28.5 Å². The summed E-state index contributed by atoms with van der Waals surface area (Å²) in [5, 5.41) is 0.621. The first-order valence-corrected chi connectivity index (χ1v) is 12.7. The number of nitrogens with zero attached hydrogens (tertiary/aromatic N) is 2. The number of carbonyl (C=O) groups is 1. The summed E-state index contributed by atoms with van der Waals surface area (Å²) in [5.74, 6) is 0.721. The van der Waals surface area contributed by atoms with E-state index in [1.807, 2.05) is 67.6 Å². The number of hydrogen-bond donors (Lipinski definition) is 0. The van der Waals surface area contributed by atoms with E-state index in [1.54, 1.807) is 24.5 Å². The van der Waals surface area contributed by atoms with Gasteiger partial charge in [-0.05, 0) is 56.2 Å². The van der Waals surface area contributed by atoms with Crippen LogP contribution < -0.4 is 14.9 Å². The Bertz CT molecular complexity index is 1680. The average molecular weight is 519 g/mol. The maximum absolute atomic E-state index is 13.7. The Balaban J connectivity index is 1.64. The fourth-order valence-electron chi connectivity index (χ4n) is 4.31.